The Balaban J connectivity index is 1.90. The third-order valence-electron chi connectivity index (χ3n) is 5.21. The molecule has 0 aromatic heterocycles. The normalized spacial score (nSPS) is 18.0. The number of hydrogen-bond donors (Lipinski definition) is 1. The summed E-state index contributed by atoms with van der Waals surface area (Å²) >= 11 is 0. The first-order valence-electron chi connectivity index (χ1n) is 10.3. The largest absolute Gasteiger partial charge is 0.401 e. The highest BCUT2D eigenvalue weighted by molar-refractivity contribution is 5.80. The number of nitrogens with zero attached hydrogens (tertiary/aromatic N) is 4. The van der Waals surface area contributed by atoms with Crippen molar-refractivity contribution in [2.45, 2.75) is 32.6 Å². The number of guanidine groups is 1. The van der Waals surface area contributed by atoms with Crippen molar-refractivity contribution < 1.29 is 17.6 Å². The van der Waals surface area contributed by atoms with Gasteiger partial charge in [-0.1, -0.05) is 13.0 Å². The van der Waals surface area contributed by atoms with Crippen LogP contribution in [-0.4, -0.2) is 80.7 Å². The Morgan fingerprint density at radius 1 is 1.30 bits per heavy atom. The maximum atomic E-state index is 14.0. The Hall–Kier alpha value is -1.87. The summed E-state index contributed by atoms with van der Waals surface area (Å²) in [6.45, 7) is 4.14. The summed E-state index contributed by atoms with van der Waals surface area (Å²) < 4.78 is 52.1. The summed E-state index contributed by atoms with van der Waals surface area (Å²) in [5, 5.41) is 3.30. The second kappa shape index (κ2) is 10.9. The quantitative estimate of drug-likeness (QED) is 0.390. The lowest BCUT2D eigenvalue weighted by atomic mass is 10.1. The Bertz CT molecular complexity index is 705. The van der Waals surface area contributed by atoms with Crippen LogP contribution in [0.2, 0.25) is 0 Å². The molecule has 0 aliphatic carbocycles. The van der Waals surface area contributed by atoms with Crippen molar-refractivity contribution in [2.75, 3.05) is 53.9 Å². The van der Waals surface area contributed by atoms with Crippen LogP contribution in [-0.2, 0) is 13.1 Å². The molecule has 1 atom stereocenters. The molecule has 1 saturated heterocycles. The van der Waals surface area contributed by atoms with Crippen LogP contribution in [0.5, 0.6) is 0 Å². The van der Waals surface area contributed by atoms with Crippen molar-refractivity contribution in [1.29, 1.82) is 0 Å². The van der Waals surface area contributed by atoms with E-state index in [1.54, 1.807) is 20.0 Å². The van der Waals surface area contributed by atoms with Crippen LogP contribution in [0.4, 0.5) is 17.6 Å². The minimum Gasteiger partial charge on any atom is -0.352 e. The van der Waals surface area contributed by atoms with Gasteiger partial charge >= 0.3 is 6.18 Å². The molecule has 1 aliphatic heterocycles. The average Bonchev–Trinajstić information content (AvgIpc) is 3.11. The summed E-state index contributed by atoms with van der Waals surface area (Å²) in [6, 6.07) is 5.07. The summed E-state index contributed by atoms with van der Waals surface area (Å²) in [5.41, 5.74) is 1.59. The van der Waals surface area contributed by atoms with E-state index in [-0.39, 0.29) is 11.7 Å². The molecule has 9 heteroatoms. The minimum atomic E-state index is -4.17. The zero-order valence-electron chi connectivity index (χ0n) is 18.3. The smallest absolute Gasteiger partial charge is 0.352 e. The molecule has 0 amide bonds. The van der Waals surface area contributed by atoms with Gasteiger partial charge in [-0.15, -0.1) is 0 Å². The second-order valence-corrected chi connectivity index (χ2v) is 8.11. The van der Waals surface area contributed by atoms with Crippen molar-refractivity contribution in [1.82, 2.24) is 20.0 Å². The lowest BCUT2D eigenvalue weighted by Gasteiger charge is -2.26. The molecule has 5 nitrogen and oxygen atoms in total. The van der Waals surface area contributed by atoms with Crippen LogP contribution in [0.3, 0.4) is 0 Å². The van der Waals surface area contributed by atoms with Gasteiger partial charge in [-0.2, -0.15) is 13.2 Å². The van der Waals surface area contributed by atoms with Crippen molar-refractivity contribution in [3.63, 3.8) is 0 Å². The lowest BCUT2D eigenvalue weighted by molar-refractivity contribution is -0.146. The number of rotatable bonds is 8. The number of nitrogens with one attached hydrogen (secondary N) is 1. The molecule has 170 valence electrons. The van der Waals surface area contributed by atoms with Crippen LogP contribution in [0, 0.1) is 11.7 Å². The van der Waals surface area contributed by atoms with Gasteiger partial charge in [0, 0.05) is 45.3 Å². The number of aliphatic imine (C=N–C) groups is 1. The first kappa shape index (κ1) is 24.4. The fourth-order valence-corrected chi connectivity index (χ4v) is 3.81. The molecule has 1 aromatic carbocycles. The van der Waals surface area contributed by atoms with Gasteiger partial charge in [-0.3, -0.25) is 9.89 Å². The fourth-order valence-electron chi connectivity index (χ4n) is 3.81. The molecule has 1 heterocycles. The van der Waals surface area contributed by atoms with Crippen molar-refractivity contribution in [3.8, 4) is 0 Å². The minimum absolute atomic E-state index is 0.170. The third kappa shape index (κ3) is 7.75. The van der Waals surface area contributed by atoms with E-state index in [4.69, 9.17) is 0 Å². The van der Waals surface area contributed by atoms with Gasteiger partial charge in [0.2, 0.25) is 0 Å². The molecule has 2 rings (SSSR count). The first-order valence-corrected chi connectivity index (χ1v) is 10.3. The predicted molar refractivity (Wildman–Crippen MR) is 112 cm³/mol. The van der Waals surface area contributed by atoms with Gasteiger partial charge in [-0.25, -0.2) is 4.39 Å². The molecule has 0 bridgehead atoms. The summed E-state index contributed by atoms with van der Waals surface area (Å²) in [5.74, 6) is 0.664. The Morgan fingerprint density at radius 3 is 2.63 bits per heavy atom. The molecule has 0 saturated carbocycles. The maximum absolute atomic E-state index is 14.0. The van der Waals surface area contributed by atoms with Crippen LogP contribution in [0.15, 0.2) is 23.2 Å². The zero-order chi connectivity index (χ0) is 22.3. The molecule has 1 aliphatic rings. The highest BCUT2D eigenvalue weighted by Crippen LogP contribution is 2.21. The second-order valence-electron chi connectivity index (χ2n) is 8.11. The highest BCUT2D eigenvalue weighted by atomic mass is 19.4. The molecule has 1 unspecified atom stereocenters. The van der Waals surface area contributed by atoms with E-state index in [2.05, 4.69) is 15.2 Å². The van der Waals surface area contributed by atoms with E-state index in [1.165, 1.54) is 11.0 Å². The monoisotopic (exact) mass is 431 g/mol. The Kier molecular flexibility index (Phi) is 8.91. The van der Waals surface area contributed by atoms with E-state index >= 15 is 0 Å². The van der Waals surface area contributed by atoms with Gasteiger partial charge in [0.25, 0.3) is 0 Å². The van der Waals surface area contributed by atoms with Crippen molar-refractivity contribution in [3.05, 3.63) is 35.1 Å². The van der Waals surface area contributed by atoms with Gasteiger partial charge < -0.3 is 15.1 Å². The molecule has 0 radical (unpaired) electrons. The Labute approximate surface area is 176 Å². The maximum Gasteiger partial charge on any atom is 0.401 e. The van der Waals surface area contributed by atoms with E-state index in [1.807, 2.05) is 25.1 Å². The number of likely N-dealkylation sites (tertiary alicyclic amines) is 1. The van der Waals surface area contributed by atoms with E-state index in [0.717, 1.165) is 24.5 Å². The van der Waals surface area contributed by atoms with Gasteiger partial charge in [0.05, 0.1) is 6.54 Å². The standard InChI is InChI=1S/C21H33F4N5/c1-5-29(15-21(23,24)25)12-17-8-9-30(13-17)20(26-2)27-11-16-6-7-19(22)18(10-16)14-28(3)4/h6-7,10,17H,5,8-9,11-15H2,1-4H3,(H,26,27). The summed E-state index contributed by atoms with van der Waals surface area (Å²) in [7, 11) is 5.48. The first-order chi connectivity index (χ1) is 14.1. The number of halogens is 4. The van der Waals surface area contributed by atoms with E-state index in [9.17, 15) is 17.6 Å². The van der Waals surface area contributed by atoms with E-state index < -0.39 is 12.7 Å². The number of alkyl halides is 3. The molecular weight excluding hydrogens is 398 g/mol. The van der Waals surface area contributed by atoms with Crippen LogP contribution in [0.1, 0.15) is 24.5 Å². The van der Waals surface area contributed by atoms with Crippen LogP contribution in [0.25, 0.3) is 0 Å². The number of benzene rings is 1. The van der Waals surface area contributed by atoms with Crippen molar-refractivity contribution in [2.24, 2.45) is 10.9 Å². The molecule has 0 spiro atoms. The van der Waals surface area contributed by atoms with Crippen molar-refractivity contribution >= 4 is 5.96 Å². The summed E-state index contributed by atoms with van der Waals surface area (Å²) in [4.78, 5) is 9.77. The molecular formula is C21H33F4N5. The third-order valence-corrected chi connectivity index (χ3v) is 5.21. The highest BCUT2D eigenvalue weighted by Gasteiger charge is 2.33. The topological polar surface area (TPSA) is 34.1 Å². The number of hydrogen-bond acceptors (Lipinski definition) is 3. The fraction of sp³-hybridized carbons (Fsp3) is 0.667. The van der Waals surface area contributed by atoms with Gasteiger partial charge in [0.15, 0.2) is 5.96 Å². The van der Waals surface area contributed by atoms with E-state index in [0.29, 0.717) is 38.3 Å². The van der Waals surface area contributed by atoms with Gasteiger partial charge in [0.1, 0.15) is 5.82 Å². The average molecular weight is 432 g/mol. The predicted octanol–water partition coefficient (Wildman–Crippen LogP) is 3.17. The van der Waals surface area contributed by atoms with Gasteiger partial charge in [-0.05, 0) is 50.7 Å². The molecule has 1 aromatic rings. The molecule has 1 N–H and O–H groups in total. The zero-order valence-corrected chi connectivity index (χ0v) is 18.3. The lowest BCUT2D eigenvalue weighted by Crippen LogP contribution is -2.41. The SMILES string of the molecule is CCN(CC1CCN(C(=NC)NCc2ccc(F)c(CN(C)C)c2)C1)CC(F)(F)F. The Morgan fingerprint density at radius 2 is 2.03 bits per heavy atom. The molecule has 1 fully saturated rings. The van der Waals surface area contributed by atoms with Crippen LogP contribution >= 0.6 is 0 Å². The molecule has 30 heavy (non-hydrogen) atoms. The van der Waals surface area contributed by atoms with Crippen LogP contribution < -0.4 is 5.32 Å². The summed E-state index contributed by atoms with van der Waals surface area (Å²) in [6.07, 6.45) is -3.34.